The minimum absolute atomic E-state index is 0.126. The van der Waals surface area contributed by atoms with Gasteiger partial charge in [-0.15, -0.1) is 0 Å². The minimum Gasteiger partial charge on any atom is -0.482 e. The van der Waals surface area contributed by atoms with Gasteiger partial charge in [-0.1, -0.05) is 0 Å². The maximum Gasteiger partial charge on any atom is 0.344 e. The lowest BCUT2D eigenvalue weighted by Crippen LogP contribution is -2.24. The molecule has 0 amide bonds. The molecule has 5 heteroatoms. The first kappa shape index (κ1) is 15.3. The summed E-state index contributed by atoms with van der Waals surface area (Å²) in [6, 6.07) is 6.81. The largest absolute Gasteiger partial charge is 0.482 e. The van der Waals surface area contributed by atoms with Gasteiger partial charge in [0.15, 0.2) is 6.61 Å². The predicted octanol–water partition coefficient (Wildman–Crippen LogP) is 2.01. The normalized spacial score (nSPS) is 11.1. The van der Waals surface area contributed by atoms with Crippen LogP contribution in [0.3, 0.4) is 0 Å². The zero-order valence-corrected chi connectivity index (χ0v) is 11.6. The van der Waals surface area contributed by atoms with Crippen molar-refractivity contribution in [2.75, 3.05) is 25.6 Å². The SMILES string of the molecule is CC(C)(C)OCCOC(=O)COc1ccc(N)cc1. The van der Waals surface area contributed by atoms with Crippen LogP contribution in [0.2, 0.25) is 0 Å². The van der Waals surface area contributed by atoms with Gasteiger partial charge in [-0.2, -0.15) is 0 Å². The smallest absolute Gasteiger partial charge is 0.344 e. The Kier molecular flexibility index (Phi) is 5.63. The zero-order valence-electron chi connectivity index (χ0n) is 11.6. The van der Waals surface area contributed by atoms with Crippen LogP contribution in [-0.4, -0.2) is 31.4 Å². The van der Waals surface area contributed by atoms with Crippen molar-refractivity contribution in [3.05, 3.63) is 24.3 Å². The van der Waals surface area contributed by atoms with E-state index in [-0.39, 0.29) is 18.8 Å². The van der Waals surface area contributed by atoms with Crippen molar-refractivity contribution in [3.63, 3.8) is 0 Å². The van der Waals surface area contributed by atoms with Crippen LogP contribution in [0.25, 0.3) is 0 Å². The molecule has 2 N–H and O–H groups in total. The monoisotopic (exact) mass is 267 g/mol. The highest BCUT2D eigenvalue weighted by molar-refractivity contribution is 5.71. The van der Waals surface area contributed by atoms with Crippen molar-refractivity contribution in [1.82, 2.24) is 0 Å². The van der Waals surface area contributed by atoms with Crippen LogP contribution < -0.4 is 10.5 Å². The zero-order chi connectivity index (χ0) is 14.3. The van der Waals surface area contributed by atoms with E-state index in [1.54, 1.807) is 24.3 Å². The fourth-order valence-corrected chi connectivity index (χ4v) is 1.25. The first-order valence-corrected chi connectivity index (χ1v) is 6.15. The second-order valence-electron chi connectivity index (χ2n) is 5.04. The van der Waals surface area contributed by atoms with Crippen molar-refractivity contribution in [2.24, 2.45) is 0 Å². The number of hydrogen-bond acceptors (Lipinski definition) is 5. The molecule has 0 aromatic heterocycles. The number of rotatable bonds is 6. The van der Waals surface area contributed by atoms with Crippen molar-refractivity contribution in [3.8, 4) is 5.75 Å². The minimum atomic E-state index is -0.422. The average molecular weight is 267 g/mol. The molecule has 1 aromatic carbocycles. The Balaban J connectivity index is 2.16. The summed E-state index contributed by atoms with van der Waals surface area (Å²) in [6.45, 7) is 6.30. The summed E-state index contributed by atoms with van der Waals surface area (Å²) >= 11 is 0. The second-order valence-corrected chi connectivity index (χ2v) is 5.04. The molecule has 19 heavy (non-hydrogen) atoms. The fraction of sp³-hybridized carbons (Fsp3) is 0.500. The van der Waals surface area contributed by atoms with E-state index in [2.05, 4.69) is 0 Å². The van der Waals surface area contributed by atoms with Gasteiger partial charge in [0, 0.05) is 5.69 Å². The molecular weight excluding hydrogens is 246 g/mol. The Morgan fingerprint density at radius 3 is 2.37 bits per heavy atom. The Morgan fingerprint density at radius 2 is 1.79 bits per heavy atom. The van der Waals surface area contributed by atoms with Gasteiger partial charge in [-0.05, 0) is 45.0 Å². The van der Waals surface area contributed by atoms with Crippen LogP contribution in [0.15, 0.2) is 24.3 Å². The summed E-state index contributed by atoms with van der Waals surface area (Å²) in [6.07, 6.45) is 0. The van der Waals surface area contributed by atoms with Crippen molar-refractivity contribution in [1.29, 1.82) is 0 Å². The molecule has 0 aliphatic heterocycles. The second kappa shape index (κ2) is 6.99. The molecule has 0 heterocycles. The van der Waals surface area contributed by atoms with E-state index in [9.17, 15) is 4.79 Å². The number of anilines is 1. The van der Waals surface area contributed by atoms with Gasteiger partial charge in [-0.3, -0.25) is 0 Å². The fourth-order valence-electron chi connectivity index (χ4n) is 1.25. The van der Waals surface area contributed by atoms with E-state index in [1.165, 1.54) is 0 Å². The van der Waals surface area contributed by atoms with E-state index in [0.29, 0.717) is 18.0 Å². The molecule has 5 nitrogen and oxygen atoms in total. The molecule has 0 bridgehead atoms. The Bertz CT molecular complexity index is 395. The van der Waals surface area contributed by atoms with Crippen LogP contribution in [0.1, 0.15) is 20.8 Å². The van der Waals surface area contributed by atoms with Crippen molar-refractivity contribution < 1.29 is 19.0 Å². The standard InChI is InChI=1S/C14H21NO4/c1-14(2,3)19-9-8-17-13(16)10-18-12-6-4-11(15)5-7-12/h4-7H,8-10,15H2,1-3H3. The molecule has 1 rings (SSSR count). The molecule has 0 unspecified atom stereocenters. The molecule has 1 aromatic rings. The number of ether oxygens (including phenoxy) is 3. The molecule has 106 valence electrons. The summed E-state index contributed by atoms with van der Waals surface area (Å²) in [5.41, 5.74) is 5.96. The Hall–Kier alpha value is -1.75. The highest BCUT2D eigenvalue weighted by Crippen LogP contribution is 2.12. The lowest BCUT2D eigenvalue weighted by atomic mass is 10.2. The van der Waals surface area contributed by atoms with Crippen molar-refractivity contribution >= 4 is 11.7 Å². The maximum atomic E-state index is 11.4. The first-order chi connectivity index (χ1) is 8.87. The molecule has 0 saturated carbocycles. The van der Waals surface area contributed by atoms with Crippen molar-refractivity contribution in [2.45, 2.75) is 26.4 Å². The topological polar surface area (TPSA) is 70.8 Å². The number of carbonyl (C=O) groups excluding carboxylic acids is 1. The van der Waals surface area contributed by atoms with Crippen LogP contribution in [0.5, 0.6) is 5.75 Å². The lowest BCUT2D eigenvalue weighted by molar-refractivity contribution is -0.149. The number of esters is 1. The highest BCUT2D eigenvalue weighted by Gasteiger charge is 2.10. The molecule has 0 spiro atoms. The lowest BCUT2D eigenvalue weighted by Gasteiger charge is -2.19. The van der Waals surface area contributed by atoms with Gasteiger partial charge in [0.05, 0.1) is 12.2 Å². The average Bonchev–Trinajstić information content (AvgIpc) is 2.33. The molecule has 0 atom stereocenters. The predicted molar refractivity (Wildman–Crippen MR) is 73.0 cm³/mol. The van der Waals surface area contributed by atoms with Crippen LogP contribution in [0, 0.1) is 0 Å². The van der Waals surface area contributed by atoms with E-state index in [4.69, 9.17) is 19.9 Å². The van der Waals surface area contributed by atoms with Crippen LogP contribution in [-0.2, 0) is 14.3 Å². The number of nitrogens with two attached hydrogens (primary N) is 1. The van der Waals surface area contributed by atoms with Crippen LogP contribution in [0.4, 0.5) is 5.69 Å². The number of carbonyl (C=O) groups is 1. The van der Waals surface area contributed by atoms with Gasteiger partial charge in [0.1, 0.15) is 12.4 Å². The molecular formula is C14H21NO4. The summed E-state index contributed by atoms with van der Waals surface area (Å²) in [4.78, 5) is 11.4. The van der Waals surface area contributed by atoms with E-state index in [1.807, 2.05) is 20.8 Å². The van der Waals surface area contributed by atoms with E-state index >= 15 is 0 Å². The van der Waals surface area contributed by atoms with Gasteiger partial charge in [0.25, 0.3) is 0 Å². The number of hydrogen-bond donors (Lipinski definition) is 1. The third kappa shape index (κ3) is 7.31. The number of nitrogen functional groups attached to an aromatic ring is 1. The summed E-state index contributed by atoms with van der Waals surface area (Å²) in [5, 5.41) is 0. The Labute approximate surface area is 113 Å². The molecule has 0 saturated heterocycles. The van der Waals surface area contributed by atoms with Gasteiger partial charge in [-0.25, -0.2) is 4.79 Å². The van der Waals surface area contributed by atoms with Gasteiger partial charge in [0.2, 0.25) is 0 Å². The molecule has 0 radical (unpaired) electrons. The van der Waals surface area contributed by atoms with Gasteiger partial charge >= 0.3 is 5.97 Å². The summed E-state index contributed by atoms with van der Waals surface area (Å²) < 4.78 is 15.6. The van der Waals surface area contributed by atoms with E-state index in [0.717, 1.165) is 0 Å². The summed E-state index contributed by atoms with van der Waals surface area (Å²) in [7, 11) is 0. The molecule has 0 aliphatic rings. The van der Waals surface area contributed by atoms with Gasteiger partial charge < -0.3 is 19.9 Å². The molecule has 0 aliphatic carbocycles. The quantitative estimate of drug-likeness (QED) is 0.485. The number of benzene rings is 1. The summed E-state index contributed by atoms with van der Waals surface area (Å²) in [5.74, 6) is 0.159. The third-order valence-electron chi connectivity index (χ3n) is 2.12. The molecule has 0 fully saturated rings. The maximum absolute atomic E-state index is 11.4. The highest BCUT2D eigenvalue weighted by atomic mass is 16.6. The first-order valence-electron chi connectivity index (χ1n) is 6.15. The Morgan fingerprint density at radius 1 is 1.16 bits per heavy atom. The van der Waals surface area contributed by atoms with Crippen LogP contribution >= 0.6 is 0 Å². The van der Waals surface area contributed by atoms with E-state index < -0.39 is 5.97 Å². The third-order valence-corrected chi connectivity index (χ3v) is 2.12.